The molecule has 0 bridgehead atoms. The summed E-state index contributed by atoms with van der Waals surface area (Å²) < 4.78 is 7.33. The molecule has 0 amide bonds. The minimum absolute atomic E-state index is 0.284. The van der Waals surface area contributed by atoms with E-state index in [4.69, 9.17) is 15.6 Å². The molecule has 0 fully saturated rings. The van der Waals surface area contributed by atoms with Crippen LogP contribution in [0.15, 0.2) is 0 Å². The number of aromatic nitrogens is 2. The van der Waals surface area contributed by atoms with Gasteiger partial charge in [0.15, 0.2) is 0 Å². The lowest BCUT2D eigenvalue weighted by molar-refractivity contribution is 0.155. The number of ether oxygens (including phenoxy) is 1. The van der Waals surface area contributed by atoms with Crippen molar-refractivity contribution in [1.82, 2.24) is 9.78 Å². The van der Waals surface area contributed by atoms with Crippen molar-refractivity contribution in [2.45, 2.75) is 46.1 Å². The Labute approximate surface area is 104 Å². The van der Waals surface area contributed by atoms with Crippen LogP contribution < -0.4 is 5.73 Å². The maximum absolute atomic E-state index is 5.69. The fraction of sp³-hybridized carbons (Fsp3) is 0.769. The number of aryl methyl sites for hydroxylation is 1. The van der Waals surface area contributed by atoms with E-state index >= 15 is 0 Å². The van der Waals surface area contributed by atoms with Gasteiger partial charge < -0.3 is 10.5 Å². The van der Waals surface area contributed by atoms with Crippen LogP contribution in [0.25, 0.3) is 0 Å². The predicted octanol–water partition coefficient (Wildman–Crippen LogP) is 1.72. The largest absolute Gasteiger partial charge is 0.382 e. The van der Waals surface area contributed by atoms with E-state index in [1.807, 2.05) is 0 Å². The van der Waals surface area contributed by atoms with Crippen molar-refractivity contribution < 1.29 is 4.74 Å². The monoisotopic (exact) mass is 239 g/mol. The third-order valence-electron chi connectivity index (χ3n) is 3.09. The smallest absolute Gasteiger partial charge is 0.0727 e. The summed E-state index contributed by atoms with van der Waals surface area (Å²) in [7, 11) is 1.73. The number of hydrogen-bond donors (Lipinski definition) is 1. The van der Waals surface area contributed by atoms with Crippen LogP contribution in [-0.4, -0.2) is 30.0 Å². The van der Waals surface area contributed by atoms with E-state index < -0.39 is 0 Å². The van der Waals surface area contributed by atoms with Gasteiger partial charge in [-0.1, -0.05) is 13.8 Å². The van der Waals surface area contributed by atoms with Crippen molar-refractivity contribution in [2.24, 2.45) is 5.73 Å². The minimum atomic E-state index is 0.284. The summed E-state index contributed by atoms with van der Waals surface area (Å²) in [6.07, 6.45) is 2.89. The maximum atomic E-state index is 5.69. The van der Waals surface area contributed by atoms with E-state index in [1.54, 1.807) is 7.11 Å². The van der Waals surface area contributed by atoms with Crippen LogP contribution in [0.5, 0.6) is 0 Å². The van der Waals surface area contributed by atoms with E-state index in [2.05, 4.69) is 25.5 Å². The topological polar surface area (TPSA) is 53.1 Å². The zero-order valence-electron chi connectivity index (χ0n) is 11.5. The van der Waals surface area contributed by atoms with E-state index in [0.717, 1.165) is 19.3 Å². The molecule has 4 heteroatoms. The molecule has 0 spiro atoms. The zero-order valence-corrected chi connectivity index (χ0v) is 11.5. The molecule has 1 rings (SSSR count). The number of hydrogen-bond acceptors (Lipinski definition) is 3. The zero-order chi connectivity index (χ0) is 12.8. The summed E-state index contributed by atoms with van der Waals surface area (Å²) >= 11 is 0. The number of nitrogens with two attached hydrogens (primary N) is 1. The quantitative estimate of drug-likeness (QED) is 0.788. The standard InChI is InChI=1S/C13H25N3O/c1-5-12-11(7-8-14)13(6-2)16(15-12)10(3)9-17-4/h10H,5-9,14H2,1-4H3. The number of methoxy groups -OCH3 is 1. The van der Waals surface area contributed by atoms with Crippen LogP contribution in [0, 0.1) is 0 Å². The summed E-state index contributed by atoms with van der Waals surface area (Å²) in [5, 5.41) is 4.72. The molecule has 0 aliphatic heterocycles. The lowest BCUT2D eigenvalue weighted by Gasteiger charge is -2.14. The van der Waals surface area contributed by atoms with E-state index in [-0.39, 0.29) is 6.04 Å². The summed E-state index contributed by atoms with van der Waals surface area (Å²) in [4.78, 5) is 0. The van der Waals surface area contributed by atoms with Gasteiger partial charge in [0, 0.05) is 12.8 Å². The van der Waals surface area contributed by atoms with E-state index in [1.165, 1.54) is 17.0 Å². The van der Waals surface area contributed by atoms with Gasteiger partial charge in [-0.2, -0.15) is 5.10 Å². The first-order chi connectivity index (χ1) is 8.19. The first-order valence-corrected chi connectivity index (χ1v) is 6.47. The van der Waals surface area contributed by atoms with Gasteiger partial charge in [-0.05, 0) is 38.3 Å². The Morgan fingerprint density at radius 1 is 1.35 bits per heavy atom. The highest BCUT2D eigenvalue weighted by Gasteiger charge is 2.18. The van der Waals surface area contributed by atoms with Crippen LogP contribution >= 0.6 is 0 Å². The number of nitrogens with zero attached hydrogens (tertiary/aromatic N) is 2. The molecule has 4 nitrogen and oxygen atoms in total. The molecule has 1 aromatic heterocycles. The molecule has 0 saturated carbocycles. The van der Waals surface area contributed by atoms with Crippen LogP contribution in [0.2, 0.25) is 0 Å². The van der Waals surface area contributed by atoms with Crippen LogP contribution in [0.3, 0.4) is 0 Å². The van der Waals surface area contributed by atoms with Crippen LogP contribution in [-0.2, 0) is 24.0 Å². The van der Waals surface area contributed by atoms with Gasteiger partial charge >= 0.3 is 0 Å². The fourth-order valence-corrected chi connectivity index (χ4v) is 2.32. The Morgan fingerprint density at radius 3 is 2.53 bits per heavy atom. The highest BCUT2D eigenvalue weighted by atomic mass is 16.5. The van der Waals surface area contributed by atoms with Gasteiger partial charge in [0.1, 0.15) is 0 Å². The summed E-state index contributed by atoms with van der Waals surface area (Å²) in [6, 6.07) is 0.284. The van der Waals surface area contributed by atoms with Gasteiger partial charge in [0.25, 0.3) is 0 Å². The Kier molecular flexibility index (Phi) is 5.65. The summed E-state index contributed by atoms with van der Waals surface area (Å²) in [5.41, 5.74) is 9.54. The Morgan fingerprint density at radius 2 is 2.06 bits per heavy atom. The third-order valence-corrected chi connectivity index (χ3v) is 3.09. The second kappa shape index (κ2) is 6.77. The van der Waals surface area contributed by atoms with Gasteiger partial charge in [0.2, 0.25) is 0 Å². The molecule has 0 saturated heterocycles. The molecule has 2 N–H and O–H groups in total. The van der Waals surface area contributed by atoms with Gasteiger partial charge in [0.05, 0.1) is 18.3 Å². The fourth-order valence-electron chi connectivity index (χ4n) is 2.32. The molecular weight excluding hydrogens is 214 g/mol. The summed E-state index contributed by atoms with van der Waals surface area (Å²) in [5.74, 6) is 0. The minimum Gasteiger partial charge on any atom is -0.382 e. The van der Waals surface area contributed by atoms with Gasteiger partial charge in [-0.25, -0.2) is 0 Å². The van der Waals surface area contributed by atoms with Crippen molar-refractivity contribution in [2.75, 3.05) is 20.3 Å². The molecule has 0 aromatic carbocycles. The molecule has 98 valence electrons. The second-order valence-corrected chi connectivity index (χ2v) is 4.37. The average molecular weight is 239 g/mol. The van der Waals surface area contributed by atoms with Crippen molar-refractivity contribution in [1.29, 1.82) is 0 Å². The summed E-state index contributed by atoms with van der Waals surface area (Å²) in [6.45, 7) is 7.84. The van der Waals surface area contributed by atoms with E-state index in [0.29, 0.717) is 13.2 Å². The van der Waals surface area contributed by atoms with Crippen molar-refractivity contribution in [3.63, 3.8) is 0 Å². The first kappa shape index (κ1) is 14.2. The molecule has 1 unspecified atom stereocenters. The Balaban J connectivity index is 3.12. The van der Waals surface area contributed by atoms with Crippen molar-refractivity contribution >= 4 is 0 Å². The maximum Gasteiger partial charge on any atom is 0.0727 e. The highest BCUT2D eigenvalue weighted by molar-refractivity contribution is 5.27. The van der Waals surface area contributed by atoms with Crippen LogP contribution in [0.1, 0.15) is 43.8 Å². The average Bonchev–Trinajstić information content (AvgIpc) is 2.68. The lowest BCUT2D eigenvalue weighted by atomic mass is 10.1. The molecule has 0 aliphatic rings. The van der Waals surface area contributed by atoms with Crippen molar-refractivity contribution in [3.8, 4) is 0 Å². The Bertz CT molecular complexity index is 347. The first-order valence-electron chi connectivity index (χ1n) is 6.47. The molecule has 1 aromatic rings. The lowest BCUT2D eigenvalue weighted by Crippen LogP contribution is -2.16. The molecule has 0 aliphatic carbocycles. The number of rotatable bonds is 7. The molecule has 17 heavy (non-hydrogen) atoms. The normalized spacial score (nSPS) is 13.0. The van der Waals surface area contributed by atoms with Crippen LogP contribution in [0.4, 0.5) is 0 Å². The second-order valence-electron chi connectivity index (χ2n) is 4.37. The molecule has 0 radical (unpaired) electrons. The van der Waals surface area contributed by atoms with E-state index in [9.17, 15) is 0 Å². The molecular formula is C13H25N3O. The Hall–Kier alpha value is -0.870. The SMILES string of the molecule is CCc1nn(C(C)COC)c(CC)c1CCN. The van der Waals surface area contributed by atoms with Gasteiger partial charge in [-0.15, -0.1) is 0 Å². The van der Waals surface area contributed by atoms with Crippen molar-refractivity contribution in [3.05, 3.63) is 17.0 Å². The van der Waals surface area contributed by atoms with Gasteiger partial charge in [-0.3, -0.25) is 4.68 Å². The predicted molar refractivity (Wildman–Crippen MR) is 70.3 cm³/mol. The molecule has 1 atom stereocenters. The molecule has 1 heterocycles. The highest BCUT2D eigenvalue weighted by Crippen LogP contribution is 2.20. The third kappa shape index (κ3) is 3.07.